The van der Waals surface area contributed by atoms with E-state index in [0.717, 1.165) is 11.4 Å². The van der Waals surface area contributed by atoms with Gasteiger partial charge in [0.1, 0.15) is 0 Å². The zero-order valence-corrected chi connectivity index (χ0v) is 27.4. The molecule has 0 saturated carbocycles. The van der Waals surface area contributed by atoms with Crippen molar-refractivity contribution in [1.82, 2.24) is 9.13 Å². The molecule has 0 aliphatic heterocycles. The number of benzene rings is 8. The number of aromatic nitrogens is 2. The summed E-state index contributed by atoms with van der Waals surface area (Å²) in [5, 5.41) is 5.03. The van der Waals surface area contributed by atoms with Gasteiger partial charge in [0.05, 0.1) is 22.1 Å². The molecule has 0 unspecified atom stereocenters. The molecule has 2 aromatic heterocycles. The van der Waals surface area contributed by atoms with Gasteiger partial charge in [-0.05, 0) is 94.0 Å². The van der Waals surface area contributed by atoms with Crippen LogP contribution in [-0.4, -0.2) is 9.13 Å². The molecule has 0 amide bonds. The van der Waals surface area contributed by atoms with Gasteiger partial charge in [0.2, 0.25) is 0 Å². The number of nitrogens with zero attached hydrogens (tertiary/aromatic N) is 2. The minimum Gasteiger partial charge on any atom is -0.309 e. The lowest BCUT2D eigenvalue weighted by Gasteiger charge is -2.11. The van der Waals surface area contributed by atoms with Gasteiger partial charge in [-0.3, -0.25) is 0 Å². The van der Waals surface area contributed by atoms with Gasteiger partial charge >= 0.3 is 0 Å². The lowest BCUT2D eigenvalue weighted by atomic mass is 10.0. The summed E-state index contributed by atoms with van der Waals surface area (Å²) in [5.41, 5.74) is 14.5. The van der Waals surface area contributed by atoms with Crippen LogP contribution < -0.4 is 0 Å². The molecule has 0 fully saturated rings. The summed E-state index contributed by atoms with van der Waals surface area (Å²) in [7, 11) is 0. The van der Waals surface area contributed by atoms with E-state index in [0.29, 0.717) is 0 Å². The average Bonchev–Trinajstić information content (AvgIpc) is 3.71. The monoisotopic (exact) mass is 636 g/mol. The van der Waals surface area contributed by atoms with Crippen LogP contribution in [0.15, 0.2) is 194 Å². The second-order valence-corrected chi connectivity index (χ2v) is 13.0. The summed E-state index contributed by atoms with van der Waals surface area (Å²) in [4.78, 5) is 0. The second kappa shape index (κ2) is 11.5. The van der Waals surface area contributed by atoms with E-state index in [4.69, 9.17) is 0 Å². The van der Waals surface area contributed by atoms with E-state index in [1.165, 1.54) is 77.0 Å². The van der Waals surface area contributed by atoms with Crippen LogP contribution in [0.2, 0.25) is 0 Å². The first-order chi connectivity index (χ1) is 24.8. The molecular weight excluding hydrogens is 605 g/mol. The lowest BCUT2D eigenvalue weighted by molar-refractivity contribution is 1.18. The van der Waals surface area contributed by atoms with Crippen molar-refractivity contribution in [3.63, 3.8) is 0 Å². The van der Waals surface area contributed by atoms with Crippen molar-refractivity contribution in [3.8, 4) is 44.8 Å². The van der Waals surface area contributed by atoms with Crippen LogP contribution in [0, 0.1) is 0 Å². The fraction of sp³-hybridized carbons (Fsp3) is 0. The SMILES string of the molecule is c1ccc(-c2ccc(-n3c4ccccc4c4cc(-c5ccc6c(c5)c5ccccc5n6-c5ccc(-c6ccccc6)cc5)ccc43)cc2)cc1. The average molecular weight is 637 g/mol. The topological polar surface area (TPSA) is 9.86 Å². The first kappa shape index (κ1) is 28.4. The molecule has 0 spiro atoms. The third-order valence-corrected chi connectivity index (χ3v) is 10.1. The van der Waals surface area contributed by atoms with Crippen LogP contribution in [0.25, 0.3) is 88.4 Å². The largest absolute Gasteiger partial charge is 0.309 e. The molecule has 234 valence electrons. The van der Waals surface area contributed by atoms with Crippen LogP contribution in [0.1, 0.15) is 0 Å². The second-order valence-electron chi connectivity index (χ2n) is 13.0. The normalized spacial score (nSPS) is 11.6. The van der Waals surface area contributed by atoms with E-state index in [-0.39, 0.29) is 0 Å². The highest BCUT2D eigenvalue weighted by Crippen LogP contribution is 2.38. The summed E-state index contributed by atoms with van der Waals surface area (Å²) >= 11 is 0. The Balaban J connectivity index is 1.08. The Labute approximate surface area is 290 Å². The Morgan fingerprint density at radius 2 is 0.540 bits per heavy atom. The van der Waals surface area contributed by atoms with Gasteiger partial charge in [0, 0.05) is 32.9 Å². The zero-order chi connectivity index (χ0) is 33.0. The Morgan fingerprint density at radius 3 is 0.960 bits per heavy atom. The van der Waals surface area contributed by atoms with Crippen molar-refractivity contribution in [2.45, 2.75) is 0 Å². The molecule has 0 atom stereocenters. The van der Waals surface area contributed by atoms with Crippen molar-refractivity contribution in [2.24, 2.45) is 0 Å². The summed E-state index contributed by atoms with van der Waals surface area (Å²) in [5.74, 6) is 0. The van der Waals surface area contributed by atoms with Crippen LogP contribution in [0.3, 0.4) is 0 Å². The van der Waals surface area contributed by atoms with Crippen LogP contribution in [0.5, 0.6) is 0 Å². The van der Waals surface area contributed by atoms with E-state index in [2.05, 4.69) is 203 Å². The standard InChI is InChI=1S/C48H32N2/c1-3-11-33(12-4-1)35-19-25-39(26-20-35)49-45-17-9-7-15-41(45)43-31-37(23-29-47(43)49)38-24-30-48-44(32-38)42-16-8-10-18-46(42)50(48)40-27-21-36(22-28-40)34-13-5-2-6-14-34/h1-32H. The third-order valence-electron chi connectivity index (χ3n) is 10.1. The van der Waals surface area contributed by atoms with Crippen molar-refractivity contribution < 1.29 is 0 Å². The maximum Gasteiger partial charge on any atom is 0.0541 e. The quantitative estimate of drug-likeness (QED) is 0.178. The molecule has 0 radical (unpaired) electrons. The maximum absolute atomic E-state index is 2.39. The third kappa shape index (κ3) is 4.57. The van der Waals surface area contributed by atoms with Crippen molar-refractivity contribution >= 4 is 43.6 Å². The summed E-state index contributed by atoms with van der Waals surface area (Å²) in [6, 6.07) is 70.4. The fourth-order valence-electron chi connectivity index (χ4n) is 7.73. The van der Waals surface area contributed by atoms with Gasteiger partial charge in [0.15, 0.2) is 0 Å². The molecule has 8 aromatic carbocycles. The van der Waals surface area contributed by atoms with Crippen molar-refractivity contribution in [2.75, 3.05) is 0 Å². The molecule has 0 aliphatic carbocycles. The van der Waals surface area contributed by atoms with Gasteiger partial charge in [-0.2, -0.15) is 0 Å². The molecule has 10 rings (SSSR count). The van der Waals surface area contributed by atoms with Crippen LogP contribution in [-0.2, 0) is 0 Å². The number of hydrogen-bond donors (Lipinski definition) is 0. The number of para-hydroxylation sites is 2. The van der Waals surface area contributed by atoms with E-state index >= 15 is 0 Å². The minimum atomic E-state index is 1.16. The molecule has 0 saturated heterocycles. The summed E-state index contributed by atoms with van der Waals surface area (Å²) < 4.78 is 4.78. The molecule has 2 heteroatoms. The summed E-state index contributed by atoms with van der Waals surface area (Å²) in [6.45, 7) is 0. The molecule has 50 heavy (non-hydrogen) atoms. The molecule has 10 aromatic rings. The van der Waals surface area contributed by atoms with E-state index < -0.39 is 0 Å². The fourth-order valence-corrected chi connectivity index (χ4v) is 7.73. The predicted molar refractivity (Wildman–Crippen MR) is 211 cm³/mol. The Hall–Kier alpha value is -6.64. The zero-order valence-electron chi connectivity index (χ0n) is 27.4. The highest BCUT2D eigenvalue weighted by molar-refractivity contribution is 6.12. The van der Waals surface area contributed by atoms with Crippen molar-refractivity contribution in [3.05, 3.63) is 194 Å². The molecule has 0 N–H and O–H groups in total. The van der Waals surface area contributed by atoms with Crippen LogP contribution >= 0.6 is 0 Å². The van der Waals surface area contributed by atoms with Gasteiger partial charge in [-0.25, -0.2) is 0 Å². The van der Waals surface area contributed by atoms with Crippen molar-refractivity contribution in [1.29, 1.82) is 0 Å². The predicted octanol–water partition coefficient (Wildman–Crippen LogP) is 12.9. The van der Waals surface area contributed by atoms with E-state index in [1.54, 1.807) is 0 Å². The van der Waals surface area contributed by atoms with Gasteiger partial charge in [0.25, 0.3) is 0 Å². The lowest BCUT2D eigenvalue weighted by Crippen LogP contribution is -1.94. The molecular formula is C48H32N2. The number of rotatable bonds is 5. The molecule has 2 heterocycles. The molecule has 0 aliphatic rings. The van der Waals surface area contributed by atoms with Gasteiger partial charge < -0.3 is 9.13 Å². The number of hydrogen-bond acceptors (Lipinski definition) is 0. The van der Waals surface area contributed by atoms with Gasteiger partial charge in [-0.1, -0.05) is 133 Å². The van der Waals surface area contributed by atoms with E-state index in [1.807, 2.05) is 0 Å². The molecule has 0 bridgehead atoms. The Bertz CT molecular complexity index is 2620. The maximum atomic E-state index is 2.39. The Morgan fingerprint density at radius 1 is 0.220 bits per heavy atom. The molecule has 2 nitrogen and oxygen atoms in total. The highest BCUT2D eigenvalue weighted by Gasteiger charge is 2.16. The minimum absolute atomic E-state index is 1.16. The first-order valence-electron chi connectivity index (χ1n) is 17.2. The van der Waals surface area contributed by atoms with Gasteiger partial charge in [-0.15, -0.1) is 0 Å². The smallest absolute Gasteiger partial charge is 0.0541 e. The first-order valence-corrected chi connectivity index (χ1v) is 17.2. The Kier molecular flexibility index (Phi) is 6.53. The summed E-state index contributed by atoms with van der Waals surface area (Å²) in [6.07, 6.45) is 0. The van der Waals surface area contributed by atoms with Crippen LogP contribution in [0.4, 0.5) is 0 Å². The van der Waals surface area contributed by atoms with E-state index in [9.17, 15) is 0 Å². The highest BCUT2D eigenvalue weighted by atomic mass is 15.0. The number of fused-ring (bicyclic) bond motifs is 6.